The van der Waals surface area contributed by atoms with E-state index < -0.39 is 12.2 Å². The quantitative estimate of drug-likeness (QED) is 0.455. The lowest BCUT2D eigenvalue weighted by atomic mass is 10.1. The van der Waals surface area contributed by atoms with Gasteiger partial charge in [0.1, 0.15) is 0 Å². The number of aliphatic hydroxyl groups excluding tert-OH is 1. The van der Waals surface area contributed by atoms with Gasteiger partial charge >= 0.3 is 6.09 Å². The Hall–Kier alpha value is -0.810. The number of amides is 1. The van der Waals surface area contributed by atoms with Crippen LogP contribution in [-0.4, -0.2) is 46.9 Å². The summed E-state index contributed by atoms with van der Waals surface area (Å²) in [6.45, 7) is 0.884. The van der Waals surface area contributed by atoms with Gasteiger partial charge in [0, 0.05) is 12.5 Å². The summed E-state index contributed by atoms with van der Waals surface area (Å²) in [5, 5.41) is 17.7. The number of likely N-dealkylation sites (tertiary alicyclic amines) is 1. The van der Waals surface area contributed by atoms with Crippen molar-refractivity contribution < 1.29 is 15.0 Å². The molecule has 1 aliphatic rings. The van der Waals surface area contributed by atoms with Gasteiger partial charge in [-0.15, -0.1) is 0 Å². The summed E-state index contributed by atoms with van der Waals surface area (Å²) >= 11 is 0. The van der Waals surface area contributed by atoms with Crippen LogP contribution in [0.4, 0.5) is 4.79 Å². The maximum absolute atomic E-state index is 10.4. The highest BCUT2D eigenvalue weighted by atomic mass is 16.4. The zero-order valence-electron chi connectivity index (χ0n) is 6.10. The molecule has 0 saturated carbocycles. The molecule has 5 heteroatoms. The highest BCUT2D eigenvalue weighted by Crippen LogP contribution is 2.15. The Bertz CT molecular complexity index is 162. The van der Waals surface area contributed by atoms with Crippen molar-refractivity contribution in [3.63, 3.8) is 0 Å². The van der Waals surface area contributed by atoms with E-state index in [0.717, 1.165) is 0 Å². The van der Waals surface area contributed by atoms with Crippen LogP contribution in [0.25, 0.3) is 0 Å². The van der Waals surface area contributed by atoms with Crippen LogP contribution in [0.15, 0.2) is 0 Å². The molecule has 0 aromatic carbocycles. The molecule has 1 rings (SSSR count). The second kappa shape index (κ2) is 3.06. The van der Waals surface area contributed by atoms with Gasteiger partial charge in [0.15, 0.2) is 0 Å². The molecule has 2 atom stereocenters. The predicted molar refractivity (Wildman–Crippen MR) is 38.1 cm³/mol. The molecule has 4 N–H and O–H groups in total. The Morgan fingerprint density at radius 3 is 2.55 bits per heavy atom. The fourth-order valence-electron chi connectivity index (χ4n) is 1.24. The van der Waals surface area contributed by atoms with E-state index in [0.29, 0.717) is 13.1 Å². The predicted octanol–water partition coefficient (Wildman–Crippen LogP) is -1.08. The molecule has 5 nitrogen and oxygen atoms in total. The first-order valence-electron chi connectivity index (χ1n) is 3.51. The van der Waals surface area contributed by atoms with E-state index in [-0.39, 0.29) is 12.5 Å². The van der Waals surface area contributed by atoms with Crippen molar-refractivity contribution in [1.82, 2.24) is 4.90 Å². The highest BCUT2D eigenvalue weighted by Gasteiger charge is 2.32. The maximum atomic E-state index is 10.4. The van der Waals surface area contributed by atoms with E-state index in [4.69, 9.17) is 10.8 Å². The number of rotatable bonds is 1. The summed E-state index contributed by atoms with van der Waals surface area (Å²) in [6.07, 6.45) is -1.57. The Morgan fingerprint density at radius 1 is 1.64 bits per heavy atom. The van der Waals surface area contributed by atoms with Crippen molar-refractivity contribution in [3.8, 4) is 0 Å². The molecule has 1 saturated heterocycles. The molecular formula is C6H12N2O3. The Morgan fingerprint density at radius 2 is 2.27 bits per heavy atom. The molecule has 11 heavy (non-hydrogen) atoms. The van der Waals surface area contributed by atoms with Crippen LogP contribution in [0, 0.1) is 5.92 Å². The fourth-order valence-corrected chi connectivity index (χ4v) is 1.24. The Balaban J connectivity index is 2.49. The van der Waals surface area contributed by atoms with Gasteiger partial charge in [-0.05, 0) is 6.54 Å². The second-order valence-corrected chi connectivity index (χ2v) is 2.75. The van der Waals surface area contributed by atoms with Crippen molar-refractivity contribution in [2.45, 2.75) is 6.10 Å². The zero-order valence-corrected chi connectivity index (χ0v) is 6.10. The van der Waals surface area contributed by atoms with Gasteiger partial charge in [0.05, 0.1) is 12.6 Å². The summed E-state index contributed by atoms with van der Waals surface area (Å²) in [7, 11) is 0. The van der Waals surface area contributed by atoms with E-state index >= 15 is 0 Å². The topological polar surface area (TPSA) is 86.8 Å². The molecule has 0 spiro atoms. The summed E-state index contributed by atoms with van der Waals surface area (Å²) in [4.78, 5) is 11.6. The minimum absolute atomic E-state index is 0.0916. The number of aliphatic hydroxyl groups is 1. The third kappa shape index (κ3) is 1.61. The molecule has 1 fully saturated rings. The lowest BCUT2D eigenvalue weighted by Gasteiger charge is -2.09. The molecule has 0 aromatic heterocycles. The van der Waals surface area contributed by atoms with Crippen LogP contribution in [0.5, 0.6) is 0 Å². The number of carbonyl (C=O) groups is 1. The number of nitrogens with zero attached hydrogens (tertiary/aromatic N) is 1. The molecule has 0 aromatic rings. The summed E-state index contributed by atoms with van der Waals surface area (Å²) < 4.78 is 0. The average Bonchev–Trinajstić information content (AvgIpc) is 2.31. The first kappa shape index (κ1) is 8.29. The smallest absolute Gasteiger partial charge is 0.407 e. The minimum atomic E-state index is -0.986. The van der Waals surface area contributed by atoms with Crippen molar-refractivity contribution in [1.29, 1.82) is 0 Å². The summed E-state index contributed by atoms with van der Waals surface area (Å²) in [6, 6.07) is 0. The number of hydrogen-bond acceptors (Lipinski definition) is 3. The van der Waals surface area contributed by atoms with Gasteiger partial charge in [0.2, 0.25) is 0 Å². The third-order valence-electron chi connectivity index (χ3n) is 1.98. The first-order valence-corrected chi connectivity index (χ1v) is 3.51. The second-order valence-electron chi connectivity index (χ2n) is 2.75. The molecule has 0 bridgehead atoms. The van der Waals surface area contributed by atoms with E-state index in [1.54, 1.807) is 0 Å². The van der Waals surface area contributed by atoms with Crippen molar-refractivity contribution in [3.05, 3.63) is 0 Å². The van der Waals surface area contributed by atoms with Crippen LogP contribution in [0.1, 0.15) is 0 Å². The number of carboxylic acid groups (broad SMARTS) is 1. The SMILES string of the molecule is NC[C@@H]1CN(C(=O)O)C[C@H]1O. The molecule has 64 valence electrons. The average molecular weight is 160 g/mol. The molecular weight excluding hydrogens is 148 g/mol. The lowest BCUT2D eigenvalue weighted by Crippen LogP contribution is -2.27. The number of β-amino-alcohol motifs (C(OH)–C–C–N with tert-alkyl or cyclic N) is 1. The van der Waals surface area contributed by atoms with Gasteiger partial charge in [0.25, 0.3) is 0 Å². The van der Waals surface area contributed by atoms with Gasteiger partial charge in [-0.25, -0.2) is 4.79 Å². The Kier molecular flexibility index (Phi) is 2.31. The van der Waals surface area contributed by atoms with Gasteiger partial charge in [-0.3, -0.25) is 0 Å². The van der Waals surface area contributed by atoms with E-state index in [1.165, 1.54) is 4.90 Å². The molecule has 0 aliphatic carbocycles. The van der Waals surface area contributed by atoms with Gasteiger partial charge in [-0.1, -0.05) is 0 Å². The number of nitrogens with two attached hydrogens (primary N) is 1. The molecule has 1 amide bonds. The third-order valence-corrected chi connectivity index (χ3v) is 1.98. The van der Waals surface area contributed by atoms with E-state index in [1.807, 2.05) is 0 Å². The maximum Gasteiger partial charge on any atom is 0.407 e. The minimum Gasteiger partial charge on any atom is -0.465 e. The van der Waals surface area contributed by atoms with Crippen LogP contribution in [0.2, 0.25) is 0 Å². The monoisotopic (exact) mass is 160 g/mol. The zero-order chi connectivity index (χ0) is 8.43. The van der Waals surface area contributed by atoms with E-state index in [9.17, 15) is 9.90 Å². The van der Waals surface area contributed by atoms with Gasteiger partial charge < -0.3 is 20.8 Å². The van der Waals surface area contributed by atoms with Crippen molar-refractivity contribution in [2.75, 3.05) is 19.6 Å². The summed E-state index contributed by atoms with van der Waals surface area (Å²) in [5.41, 5.74) is 5.31. The van der Waals surface area contributed by atoms with Crippen LogP contribution in [0.3, 0.4) is 0 Å². The van der Waals surface area contributed by atoms with E-state index in [2.05, 4.69) is 0 Å². The highest BCUT2D eigenvalue weighted by molar-refractivity contribution is 5.65. The standard InChI is InChI=1S/C6H12N2O3/c7-1-4-2-8(6(10)11)3-5(4)9/h4-5,9H,1-3,7H2,(H,10,11)/t4-,5-/m1/s1. The van der Waals surface area contributed by atoms with Crippen LogP contribution in [-0.2, 0) is 0 Å². The van der Waals surface area contributed by atoms with Crippen molar-refractivity contribution in [2.24, 2.45) is 11.7 Å². The first-order chi connectivity index (χ1) is 5.15. The molecule has 0 radical (unpaired) electrons. The molecule has 1 heterocycles. The summed E-state index contributed by atoms with van der Waals surface area (Å²) in [5.74, 6) is -0.0916. The normalized spacial score (nSPS) is 30.9. The largest absolute Gasteiger partial charge is 0.465 e. The molecule has 0 unspecified atom stereocenters. The van der Waals surface area contributed by atoms with Gasteiger partial charge in [-0.2, -0.15) is 0 Å². The lowest BCUT2D eigenvalue weighted by molar-refractivity contribution is 0.133. The number of hydrogen-bond donors (Lipinski definition) is 3. The van der Waals surface area contributed by atoms with Crippen molar-refractivity contribution >= 4 is 6.09 Å². The van der Waals surface area contributed by atoms with Crippen LogP contribution < -0.4 is 5.73 Å². The Labute approximate surface area is 64.4 Å². The van der Waals surface area contributed by atoms with Crippen LogP contribution >= 0.6 is 0 Å². The molecule has 1 aliphatic heterocycles. The fraction of sp³-hybridized carbons (Fsp3) is 0.833.